The SMILES string of the molecule is Cc1ccccc1COc1ccc(/C=C2\SC(=S)N(NC(=O)c3ccccc3)C2=O)cc1. The van der Waals surface area contributed by atoms with Crippen LogP contribution in [0.2, 0.25) is 0 Å². The van der Waals surface area contributed by atoms with Gasteiger partial charge in [-0.05, 0) is 66.2 Å². The van der Waals surface area contributed by atoms with Crippen LogP contribution in [0, 0.1) is 6.92 Å². The minimum Gasteiger partial charge on any atom is -0.489 e. The maximum atomic E-state index is 12.8. The van der Waals surface area contributed by atoms with Gasteiger partial charge in [0, 0.05) is 5.56 Å². The Bertz CT molecular complexity index is 1190. The Morgan fingerprint density at radius 3 is 2.44 bits per heavy atom. The van der Waals surface area contributed by atoms with E-state index in [1.807, 2.05) is 48.5 Å². The molecule has 2 amide bonds. The van der Waals surface area contributed by atoms with Crippen LogP contribution in [0.25, 0.3) is 6.08 Å². The molecule has 5 nitrogen and oxygen atoms in total. The van der Waals surface area contributed by atoms with Crippen molar-refractivity contribution in [2.75, 3.05) is 0 Å². The summed E-state index contributed by atoms with van der Waals surface area (Å²) < 4.78 is 6.15. The number of nitrogens with one attached hydrogen (secondary N) is 1. The molecule has 0 aromatic heterocycles. The molecule has 4 rings (SSSR count). The Morgan fingerprint density at radius 2 is 1.72 bits per heavy atom. The van der Waals surface area contributed by atoms with E-state index in [1.165, 1.54) is 5.56 Å². The van der Waals surface area contributed by atoms with Crippen LogP contribution in [0.3, 0.4) is 0 Å². The first kappa shape index (κ1) is 21.8. The summed E-state index contributed by atoms with van der Waals surface area (Å²) >= 11 is 6.43. The molecule has 0 aliphatic carbocycles. The smallest absolute Gasteiger partial charge is 0.285 e. The number of hydrogen-bond donors (Lipinski definition) is 1. The lowest BCUT2D eigenvalue weighted by Crippen LogP contribution is -2.44. The highest BCUT2D eigenvalue weighted by Crippen LogP contribution is 2.31. The van der Waals surface area contributed by atoms with E-state index in [4.69, 9.17) is 17.0 Å². The number of carbonyl (C=O) groups excluding carboxylic acids is 2. The van der Waals surface area contributed by atoms with Crippen molar-refractivity contribution in [2.45, 2.75) is 13.5 Å². The fourth-order valence-electron chi connectivity index (χ4n) is 3.06. The first-order valence-corrected chi connectivity index (χ1v) is 11.1. The third-order valence-electron chi connectivity index (χ3n) is 4.88. The van der Waals surface area contributed by atoms with E-state index < -0.39 is 5.91 Å². The lowest BCUT2D eigenvalue weighted by atomic mass is 10.1. The number of ether oxygens (including phenoxy) is 1. The average Bonchev–Trinajstić information content (AvgIpc) is 3.07. The largest absolute Gasteiger partial charge is 0.489 e. The number of amides is 2. The van der Waals surface area contributed by atoms with E-state index >= 15 is 0 Å². The number of hydrazine groups is 1. The Morgan fingerprint density at radius 1 is 1.03 bits per heavy atom. The molecular formula is C25H20N2O3S2. The molecular weight excluding hydrogens is 440 g/mol. The highest BCUT2D eigenvalue weighted by Gasteiger charge is 2.33. The predicted octanol–water partition coefficient (Wildman–Crippen LogP) is 5.12. The third kappa shape index (κ3) is 5.07. The van der Waals surface area contributed by atoms with E-state index in [1.54, 1.807) is 30.3 Å². The Balaban J connectivity index is 1.40. The van der Waals surface area contributed by atoms with Crippen molar-refractivity contribution in [3.8, 4) is 5.75 Å². The molecule has 1 fully saturated rings. The van der Waals surface area contributed by atoms with Crippen molar-refractivity contribution in [1.82, 2.24) is 10.4 Å². The predicted molar refractivity (Wildman–Crippen MR) is 131 cm³/mol. The molecule has 0 radical (unpaired) electrons. The number of aryl methyl sites for hydroxylation is 1. The fourth-order valence-corrected chi connectivity index (χ4v) is 4.24. The molecule has 1 heterocycles. The maximum Gasteiger partial charge on any atom is 0.285 e. The quantitative estimate of drug-likeness (QED) is 0.409. The van der Waals surface area contributed by atoms with Gasteiger partial charge in [0.05, 0.1) is 4.91 Å². The number of thiocarbonyl (C=S) groups is 1. The first-order chi connectivity index (χ1) is 15.5. The van der Waals surface area contributed by atoms with Crippen molar-refractivity contribution in [2.24, 2.45) is 0 Å². The van der Waals surface area contributed by atoms with E-state index in [9.17, 15) is 9.59 Å². The van der Waals surface area contributed by atoms with E-state index in [-0.39, 0.29) is 10.2 Å². The van der Waals surface area contributed by atoms with Crippen molar-refractivity contribution in [3.63, 3.8) is 0 Å². The van der Waals surface area contributed by atoms with Crippen molar-refractivity contribution < 1.29 is 14.3 Å². The van der Waals surface area contributed by atoms with Gasteiger partial charge < -0.3 is 4.74 Å². The van der Waals surface area contributed by atoms with Crippen LogP contribution in [-0.4, -0.2) is 21.1 Å². The van der Waals surface area contributed by atoms with Gasteiger partial charge in [-0.1, -0.05) is 66.4 Å². The average molecular weight is 461 g/mol. The van der Waals surface area contributed by atoms with Crippen LogP contribution in [-0.2, 0) is 11.4 Å². The van der Waals surface area contributed by atoms with Gasteiger partial charge in [-0.25, -0.2) is 0 Å². The fraction of sp³-hybridized carbons (Fsp3) is 0.0800. The molecule has 0 atom stereocenters. The van der Waals surface area contributed by atoms with Crippen molar-refractivity contribution >= 4 is 46.2 Å². The molecule has 7 heteroatoms. The lowest BCUT2D eigenvalue weighted by molar-refractivity contribution is -0.123. The Labute approximate surface area is 196 Å². The molecule has 0 bridgehead atoms. The summed E-state index contributed by atoms with van der Waals surface area (Å²) in [5, 5.41) is 1.11. The van der Waals surface area contributed by atoms with Crippen LogP contribution < -0.4 is 10.2 Å². The lowest BCUT2D eigenvalue weighted by Gasteiger charge is -2.15. The number of hydrogen-bond acceptors (Lipinski definition) is 5. The monoisotopic (exact) mass is 460 g/mol. The van der Waals surface area contributed by atoms with Gasteiger partial charge in [0.1, 0.15) is 12.4 Å². The molecule has 1 aliphatic rings. The molecule has 32 heavy (non-hydrogen) atoms. The highest BCUT2D eigenvalue weighted by atomic mass is 32.2. The van der Waals surface area contributed by atoms with E-state index in [0.717, 1.165) is 33.6 Å². The summed E-state index contributed by atoms with van der Waals surface area (Å²) in [6, 6.07) is 24.3. The zero-order chi connectivity index (χ0) is 22.5. The zero-order valence-corrected chi connectivity index (χ0v) is 18.9. The molecule has 1 N–H and O–H groups in total. The second kappa shape index (κ2) is 9.80. The number of benzene rings is 3. The topological polar surface area (TPSA) is 58.6 Å². The highest BCUT2D eigenvalue weighted by molar-refractivity contribution is 8.26. The van der Waals surface area contributed by atoms with Crippen LogP contribution >= 0.6 is 24.0 Å². The third-order valence-corrected chi connectivity index (χ3v) is 6.18. The summed E-state index contributed by atoms with van der Waals surface area (Å²) in [5.41, 5.74) is 6.19. The minimum absolute atomic E-state index is 0.281. The standard InChI is InChI=1S/C25H20N2O3S2/c1-17-7-5-6-10-20(17)16-30-21-13-11-18(12-14-21)15-22-24(29)27(25(31)32-22)26-23(28)19-8-3-2-4-9-19/h2-15H,16H2,1H3,(H,26,28)/b22-15-. The molecule has 0 spiro atoms. The minimum atomic E-state index is -0.390. The summed E-state index contributed by atoms with van der Waals surface area (Å²) in [6.07, 6.45) is 1.75. The number of rotatable bonds is 6. The van der Waals surface area contributed by atoms with Crippen LogP contribution in [0.15, 0.2) is 83.8 Å². The zero-order valence-electron chi connectivity index (χ0n) is 17.3. The van der Waals surface area contributed by atoms with Gasteiger partial charge in [-0.3, -0.25) is 15.0 Å². The molecule has 3 aromatic rings. The van der Waals surface area contributed by atoms with Crippen molar-refractivity contribution in [1.29, 1.82) is 0 Å². The molecule has 160 valence electrons. The molecule has 0 saturated carbocycles. The first-order valence-electron chi connectivity index (χ1n) is 9.92. The molecule has 1 aliphatic heterocycles. The van der Waals surface area contributed by atoms with Gasteiger partial charge >= 0.3 is 0 Å². The van der Waals surface area contributed by atoms with Crippen LogP contribution in [0.5, 0.6) is 5.75 Å². The summed E-state index contributed by atoms with van der Waals surface area (Å²) in [7, 11) is 0. The maximum absolute atomic E-state index is 12.8. The normalized spacial score (nSPS) is 14.7. The molecule has 1 saturated heterocycles. The molecule has 3 aromatic carbocycles. The van der Waals surface area contributed by atoms with Gasteiger partial charge in [-0.2, -0.15) is 5.01 Å². The van der Waals surface area contributed by atoms with Gasteiger partial charge in [0.25, 0.3) is 11.8 Å². The second-order valence-corrected chi connectivity index (χ2v) is 8.78. The number of thioether (sulfide) groups is 1. The van der Waals surface area contributed by atoms with E-state index in [2.05, 4.69) is 18.4 Å². The second-order valence-electron chi connectivity index (χ2n) is 7.11. The van der Waals surface area contributed by atoms with Gasteiger partial charge in [-0.15, -0.1) is 0 Å². The Hall–Kier alpha value is -3.42. The number of nitrogens with zero attached hydrogens (tertiary/aromatic N) is 1. The summed E-state index contributed by atoms with van der Waals surface area (Å²) in [6.45, 7) is 2.55. The summed E-state index contributed by atoms with van der Waals surface area (Å²) in [4.78, 5) is 25.6. The number of carbonyl (C=O) groups is 2. The summed E-state index contributed by atoms with van der Waals surface area (Å²) in [5.74, 6) is -0.00413. The van der Waals surface area contributed by atoms with Crippen LogP contribution in [0.1, 0.15) is 27.0 Å². The van der Waals surface area contributed by atoms with Crippen LogP contribution in [0.4, 0.5) is 0 Å². The van der Waals surface area contributed by atoms with Crippen molar-refractivity contribution in [3.05, 3.63) is 106 Å². The van der Waals surface area contributed by atoms with Gasteiger partial charge in [0.15, 0.2) is 4.32 Å². The van der Waals surface area contributed by atoms with E-state index in [0.29, 0.717) is 17.1 Å². The Kier molecular flexibility index (Phi) is 6.68. The van der Waals surface area contributed by atoms with Gasteiger partial charge in [0.2, 0.25) is 0 Å². The molecule has 0 unspecified atom stereocenters.